The molecular weight excluding hydrogens is 318 g/mol. The predicted octanol–water partition coefficient (Wildman–Crippen LogP) is 4.47. The van der Waals surface area contributed by atoms with Crippen LogP contribution in [0.2, 0.25) is 0 Å². The van der Waals surface area contributed by atoms with Crippen molar-refractivity contribution in [1.82, 2.24) is 0 Å². The molecule has 2 rings (SSSR count). The van der Waals surface area contributed by atoms with E-state index >= 15 is 0 Å². The van der Waals surface area contributed by atoms with Crippen molar-refractivity contribution < 1.29 is 9.84 Å². The third-order valence-electron chi connectivity index (χ3n) is 2.96. The fraction of sp³-hybridized carbons (Fsp3) is 0.188. The van der Waals surface area contributed by atoms with Crippen LogP contribution < -0.4 is 4.74 Å². The van der Waals surface area contributed by atoms with E-state index in [9.17, 15) is 5.11 Å². The molecule has 4 heteroatoms. The second-order valence-electron chi connectivity index (χ2n) is 4.55. The largest absolute Gasteiger partial charge is 0.457 e. The summed E-state index contributed by atoms with van der Waals surface area (Å²) in [6.45, 7) is 3.60. The van der Waals surface area contributed by atoms with E-state index < -0.39 is 6.10 Å². The van der Waals surface area contributed by atoms with Crippen LogP contribution in [0.4, 0.5) is 0 Å². The van der Waals surface area contributed by atoms with Crippen molar-refractivity contribution in [3.63, 3.8) is 0 Å². The van der Waals surface area contributed by atoms with Gasteiger partial charge in [-0.05, 0) is 43.7 Å². The van der Waals surface area contributed by atoms with Gasteiger partial charge in [0.1, 0.15) is 11.5 Å². The molecule has 0 aliphatic rings. The first-order valence-electron chi connectivity index (χ1n) is 6.17. The van der Waals surface area contributed by atoms with Crippen LogP contribution in [0.5, 0.6) is 11.5 Å². The van der Waals surface area contributed by atoms with Gasteiger partial charge < -0.3 is 9.84 Å². The van der Waals surface area contributed by atoms with Gasteiger partial charge in [0, 0.05) is 10.0 Å². The van der Waals surface area contributed by atoms with Crippen LogP contribution in [0, 0.1) is 18.3 Å². The van der Waals surface area contributed by atoms with E-state index in [2.05, 4.69) is 22.0 Å². The van der Waals surface area contributed by atoms with Crippen LogP contribution in [0.1, 0.15) is 29.7 Å². The Morgan fingerprint density at radius 3 is 2.60 bits per heavy atom. The maximum atomic E-state index is 9.80. The van der Waals surface area contributed by atoms with E-state index in [1.807, 2.05) is 25.1 Å². The summed E-state index contributed by atoms with van der Waals surface area (Å²) in [7, 11) is 0. The van der Waals surface area contributed by atoms with Gasteiger partial charge in [0.05, 0.1) is 17.7 Å². The molecule has 2 aromatic rings. The zero-order valence-corrected chi connectivity index (χ0v) is 12.8. The van der Waals surface area contributed by atoms with Crippen molar-refractivity contribution >= 4 is 15.9 Å². The maximum Gasteiger partial charge on any atom is 0.134 e. The predicted molar refractivity (Wildman–Crippen MR) is 80.7 cm³/mol. The lowest BCUT2D eigenvalue weighted by atomic mass is 10.1. The van der Waals surface area contributed by atoms with Gasteiger partial charge in [0.2, 0.25) is 0 Å². The molecule has 0 bridgehead atoms. The normalized spacial score (nSPS) is 11.8. The lowest BCUT2D eigenvalue weighted by molar-refractivity contribution is 0.195. The number of ether oxygens (including phenoxy) is 1. The van der Waals surface area contributed by atoms with Crippen LogP contribution in [-0.2, 0) is 0 Å². The summed E-state index contributed by atoms with van der Waals surface area (Å²) in [6.07, 6.45) is -0.627. The minimum absolute atomic E-state index is 0.541. The molecule has 3 nitrogen and oxygen atoms in total. The van der Waals surface area contributed by atoms with Crippen molar-refractivity contribution in [3.05, 3.63) is 57.6 Å². The molecule has 1 N–H and O–H groups in total. The molecule has 0 fully saturated rings. The third kappa shape index (κ3) is 3.19. The van der Waals surface area contributed by atoms with Gasteiger partial charge in [-0.3, -0.25) is 0 Å². The van der Waals surface area contributed by atoms with Gasteiger partial charge in [0.15, 0.2) is 0 Å². The maximum absolute atomic E-state index is 9.80. The van der Waals surface area contributed by atoms with E-state index in [1.54, 1.807) is 25.1 Å². The lowest BCUT2D eigenvalue weighted by Gasteiger charge is -2.15. The molecule has 0 aromatic heterocycles. The molecule has 0 saturated heterocycles. The molecule has 0 heterocycles. The molecule has 20 heavy (non-hydrogen) atoms. The van der Waals surface area contributed by atoms with Gasteiger partial charge in [-0.2, -0.15) is 5.26 Å². The molecule has 102 valence electrons. The summed E-state index contributed by atoms with van der Waals surface area (Å²) in [4.78, 5) is 0. The van der Waals surface area contributed by atoms with Crippen molar-refractivity contribution in [3.8, 4) is 17.6 Å². The van der Waals surface area contributed by atoms with Gasteiger partial charge in [-0.1, -0.05) is 28.1 Å². The average molecular weight is 332 g/mol. The first-order chi connectivity index (χ1) is 9.51. The number of nitrogens with zero attached hydrogens (tertiary/aromatic N) is 1. The lowest BCUT2D eigenvalue weighted by Crippen LogP contribution is -1.97. The highest BCUT2D eigenvalue weighted by Crippen LogP contribution is 2.33. The molecule has 0 aliphatic carbocycles. The van der Waals surface area contributed by atoms with E-state index in [4.69, 9.17) is 10.00 Å². The van der Waals surface area contributed by atoms with E-state index in [-0.39, 0.29) is 0 Å². The molecule has 0 aliphatic heterocycles. The molecule has 0 amide bonds. The number of halogens is 1. The quantitative estimate of drug-likeness (QED) is 0.902. The Morgan fingerprint density at radius 1 is 1.20 bits per heavy atom. The van der Waals surface area contributed by atoms with Gasteiger partial charge >= 0.3 is 0 Å². The highest BCUT2D eigenvalue weighted by Gasteiger charge is 2.12. The van der Waals surface area contributed by atoms with Crippen LogP contribution in [0.25, 0.3) is 0 Å². The van der Waals surface area contributed by atoms with Crippen molar-refractivity contribution in [1.29, 1.82) is 5.26 Å². The molecule has 1 atom stereocenters. The minimum atomic E-state index is -0.627. The second-order valence-corrected chi connectivity index (χ2v) is 5.47. The molecule has 0 radical (unpaired) electrons. The number of aliphatic hydroxyl groups is 1. The highest BCUT2D eigenvalue weighted by atomic mass is 79.9. The van der Waals surface area contributed by atoms with Crippen LogP contribution in [-0.4, -0.2) is 5.11 Å². The van der Waals surface area contributed by atoms with Crippen molar-refractivity contribution in [2.45, 2.75) is 20.0 Å². The standard InChI is InChI=1S/C16H14BrNO2/c1-10-3-4-12(9-18)7-15(10)20-16-8-13(17)5-6-14(16)11(2)19/h3-8,11,19H,1-2H3. The minimum Gasteiger partial charge on any atom is -0.457 e. The number of aliphatic hydroxyl groups excluding tert-OH is 1. The summed E-state index contributed by atoms with van der Waals surface area (Å²) in [5.41, 5.74) is 2.18. The number of aryl methyl sites for hydroxylation is 1. The van der Waals surface area contributed by atoms with Gasteiger partial charge in [-0.15, -0.1) is 0 Å². The monoisotopic (exact) mass is 331 g/mol. The number of nitriles is 1. The number of rotatable bonds is 3. The van der Waals surface area contributed by atoms with Crippen LogP contribution in [0.3, 0.4) is 0 Å². The van der Waals surface area contributed by atoms with Crippen molar-refractivity contribution in [2.75, 3.05) is 0 Å². The van der Waals surface area contributed by atoms with Gasteiger partial charge in [0.25, 0.3) is 0 Å². The summed E-state index contributed by atoms with van der Waals surface area (Å²) < 4.78 is 6.75. The first-order valence-corrected chi connectivity index (χ1v) is 6.96. The number of hydrogen-bond donors (Lipinski definition) is 1. The number of hydrogen-bond acceptors (Lipinski definition) is 3. The zero-order chi connectivity index (χ0) is 14.7. The Labute approximate surface area is 126 Å². The van der Waals surface area contributed by atoms with E-state index in [0.29, 0.717) is 22.6 Å². The van der Waals surface area contributed by atoms with E-state index in [1.165, 1.54) is 0 Å². The number of benzene rings is 2. The summed E-state index contributed by atoms with van der Waals surface area (Å²) in [5.74, 6) is 1.19. The van der Waals surface area contributed by atoms with Crippen molar-refractivity contribution in [2.24, 2.45) is 0 Å². The first kappa shape index (κ1) is 14.6. The summed E-state index contributed by atoms with van der Waals surface area (Å²) in [6, 6.07) is 12.9. The highest BCUT2D eigenvalue weighted by molar-refractivity contribution is 9.10. The molecule has 1 unspecified atom stereocenters. The molecule has 2 aromatic carbocycles. The van der Waals surface area contributed by atoms with Crippen LogP contribution in [0.15, 0.2) is 40.9 Å². The Bertz CT molecular complexity index is 675. The van der Waals surface area contributed by atoms with Gasteiger partial charge in [-0.25, -0.2) is 0 Å². The fourth-order valence-electron chi connectivity index (χ4n) is 1.84. The Balaban J connectivity index is 2.44. The topological polar surface area (TPSA) is 53.2 Å². The SMILES string of the molecule is Cc1ccc(C#N)cc1Oc1cc(Br)ccc1C(C)O. The third-order valence-corrected chi connectivity index (χ3v) is 3.46. The molecule has 0 saturated carbocycles. The summed E-state index contributed by atoms with van der Waals surface area (Å²) >= 11 is 3.39. The Hall–Kier alpha value is -1.83. The second kappa shape index (κ2) is 6.08. The fourth-order valence-corrected chi connectivity index (χ4v) is 2.18. The average Bonchev–Trinajstić information content (AvgIpc) is 2.41. The van der Waals surface area contributed by atoms with Crippen LogP contribution >= 0.6 is 15.9 Å². The smallest absolute Gasteiger partial charge is 0.134 e. The van der Waals surface area contributed by atoms with E-state index in [0.717, 1.165) is 10.0 Å². The molecular formula is C16H14BrNO2. The zero-order valence-electron chi connectivity index (χ0n) is 11.2. The summed E-state index contributed by atoms with van der Waals surface area (Å²) in [5, 5.41) is 18.7. The Morgan fingerprint density at radius 2 is 1.95 bits per heavy atom. The molecule has 0 spiro atoms. The Kier molecular flexibility index (Phi) is 4.43.